The van der Waals surface area contributed by atoms with E-state index in [1.807, 2.05) is 6.07 Å². The van der Waals surface area contributed by atoms with Crippen molar-refractivity contribution >= 4 is 30.0 Å². The van der Waals surface area contributed by atoms with E-state index in [9.17, 15) is 19.0 Å². The van der Waals surface area contributed by atoms with Crippen LogP contribution in [0.3, 0.4) is 0 Å². The number of ether oxygens (including phenoxy) is 1. The predicted molar refractivity (Wildman–Crippen MR) is 79.1 cm³/mol. The molecule has 21 heavy (non-hydrogen) atoms. The minimum absolute atomic E-state index is 0.0391. The average molecular weight is 333 g/mol. The van der Waals surface area contributed by atoms with Crippen molar-refractivity contribution in [2.45, 2.75) is 19.3 Å². The van der Waals surface area contributed by atoms with Crippen LogP contribution in [0.5, 0.6) is 0 Å². The van der Waals surface area contributed by atoms with Crippen LogP contribution in [0.15, 0.2) is 30.3 Å². The predicted octanol–water partition coefficient (Wildman–Crippen LogP) is 2.26. The van der Waals surface area contributed by atoms with E-state index >= 15 is 0 Å². The molecule has 0 spiro atoms. The Morgan fingerprint density at radius 3 is 2.57 bits per heavy atom. The normalized spacial score (nSPS) is 14.8. The van der Waals surface area contributed by atoms with Gasteiger partial charge in [-0.2, -0.15) is 0 Å². The molecule has 0 aromatic heterocycles. The molecular formula is C12H16NO6PS. The highest BCUT2D eigenvalue weighted by molar-refractivity contribution is 8.56. The second-order valence-corrected chi connectivity index (χ2v) is 8.91. The highest BCUT2D eigenvalue weighted by Gasteiger charge is 2.30. The van der Waals surface area contributed by atoms with Gasteiger partial charge in [-0.1, -0.05) is 41.7 Å². The molecule has 0 aliphatic carbocycles. The van der Waals surface area contributed by atoms with Gasteiger partial charge in [0.15, 0.2) is 0 Å². The molecule has 0 heterocycles. The molecule has 0 radical (unpaired) electrons. The molecule has 0 saturated carbocycles. The molecule has 0 fully saturated rings. The third-order valence-corrected chi connectivity index (χ3v) is 6.70. The van der Waals surface area contributed by atoms with E-state index in [0.29, 0.717) is 11.4 Å². The van der Waals surface area contributed by atoms with E-state index in [1.54, 1.807) is 24.3 Å². The first-order valence-corrected chi connectivity index (χ1v) is 9.29. The summed E-state index contributed by atoms with van der Waals surface area (Å²) in [4.78, 5) is 31.6. The van der Waals surface area contributed by atoms with Gasteiger partial charge in [-0.15, -0.1) is 0 Å². The highest BCUT2D eigenvalue weighted by atomic mass is 32.7. The first kappa shape index (κ1) is 17.6. The molecule has 1 rings (SSSR count). The van der Waals surface area contributed by atoms with Crippen LogP contribution >= 0.6 is 18.0 Å². The second kappa shape index (κ2) is 8.07. The Kier molecular flexibility index (Phi) is 6.74. The van der Waals surface area contributed by atoms with Crippen molar-refractivity contribution in [1.29, 1.82) is 0 Å². The van der Waals surface area contributed by atoms with Crippen molar-refractivity contribution in [3.63, 3.8) is 0 Å². The SMILES string of the molecule is CC(NC(=O)OCc1ccccc1)P(=O)(O)SCC(=O)O. The van der Waals surface area contributed by atoms with Gasteiger partial charge in [0.2, 0.25) is 0 Å². The zero-order valence-electron chi connectivity index (χ0n) is 11.3. The molecule has 116 valence electrons. The first-order valence-electron chi connectivity index (χ1n) is 5.97. The van der Waals surface area contributed by atoms with E-state index in [4.69, 9.17) is 9.84 Å². The molecule has 9 heteroatoms. The van der Waals surface area contributed by atoms with Crippen LogP contribution in [0.4, 0.5) is 4.79 Å². The number of carbonyl (C=O) groups is 2. The lowest BCUT2D eigenvalue weighted by atomic mass is 10.2. The Labute approximate surface area is 125 Å². The summed E-state index contributed by atoms with van der Waals surface area (Å²) < 4.78 is 16.7. The van der Waals surface area contributed by atoms with Gasteiger partial charge in [0, 0.05) is 0 Å². The number of nitrogens with one attached hydrogen (secondary N) is 1. The fourth-order valence-electron chi connectivity index (χ4n) is 1.28. The number of alkyl carbamates (subject to hydrolysis) is 1. The van der Waals surface area contributed by atoms with E-state index in [0.717, 1.165) is 5.56 Å². The van der Waals surface area contributed by atoms with Gasteiger partial charge in [0.05, 0.1) is 0 Å². The lowest BCUT2D eigenvalue weighted by Crippen LogP contribution is -2.32. The average Bonchev–Trinajstić information content (AvgIpc) is 2.44. The summed E-state index contributed by atoms with van der Waals surface area (Å²) in [5.74, 6) is -2.82. The van der Waals surface area contributed by atoms with Crippen LogP contribution in [0, 0.1) is 0 Å². The smallest absolute Gasteiger partial charge is 0.408 e. The zero-order chi connectivity index (χ0) is 15.9. The summed E-state index contributed by atoms with van der Waals surface area (Å²) in [6.07, 6.45) is -0.837. The van der Waals surface area contributed by atoms with Gasteiger partial charge in [-0.25, -0.2) is 4.79 Å². The minimum atomic E-state index is -3.86. The Hall–Kier alpha value is -1.50. The quantitative estimate of drug-likeness (QED) is 0.656. The second-order valence-electron chi connectivity index (χ2n) is 4.11. The van der Waals surface area contributed by atoms with Crippen LogP contribution < -0.4 is 5.32 Å². The van der Waals surface area contributed by atoms with E-state index in [1.165, 1.54) is 6.92 Å². The van der Waals surface area contributed by atoms with E-state index in [-0.39, 0.29) is 6.61 Å². The van der Waals surface area contributed by atoms with Gasteiger partial charge < -0.3 is 20.1 Å². The summed E-state index contributed by atoms with van der Waals surface area (Å²) >= 11 is 0.393. The van der Waals surface area contributed by atoms with Gasteiger partial charge >= 0.3 is 12.1 Å². The van der Waals surface area contributed by atoms with Gasteiger partial charge in [-0.3, -0.25) is 9.36 Å². The molecule has 1 aromatic rings. The maximum absolute atomic E-state index is 11.8. The zero-order valence-corrected chi connectivity index (χ0v) is 13.0. The number of carbonyl (C=O) groups excluding carboxylic acids is 1. The fourth-order valence-corrected chi connectivity index (χ4v) is 3.78. The number of amides is 1. The van der Waals surface area contributed by atoms with Crippen LogP contribution in [0.2, 0.25) is 0 Å². The third kappa shape index (κ3) is 6.66. The minimum Gasteiger partial charge on any atom is -0.481 e. The van der Waals surface area contributed by atoms with Gasteiger partial charge in [0.1, 0.15) is 18.1 Å². The lowest BCUT2D eigenvalue weighted by Gasteiger charge is -2.18. The van der Waals surface area contributed by atoms with Crippen molar-refractivity contribution in [2.24, 2.45) is 0 Å². The fraction of sp³-hybridized carbons (Fsp3) is 0.333. The van der Waals surface area contributed by atoms with Crippen LogP contribution in [0.1, 0.15) is 12.5 Å². The summed E-state index contributed by atoms with van der Waals surface area (Å²) in [7, 11) is 0. The maximum atomic E-state index is 11.8. The monoisotopic (exact) mass is 333 g/mol. The number of carboxylic acids is 1. The molecule has 3 N–H and O–H groups in total. The van der Waals surface area contributed by atoms with Crippen molar-refractivity contribution < 1.29 is 28.9 Å². The van der Waals surface area contributed by atoms with Crippen molar-refractivity contribution in [3.05, 3.63) is 35.9 Å². The summed E-state index contributed by atoms with van der Waals surface area (Å²) in [6, 6.07) is 8.97. The third-order valence-electron chi connectivity index (χ3n) is 2.40. The molecule has 2 unspecified atom stereocenters. The Bertz CT molecular complexity index is 538. The molecule has 2 atom stereocenters. The van der Waals surface area contributed by atoms with Crippen LogP contribution in [-0.2, 0) is 20.7 Å². The van der Waals surface area contributed by atoms with Gasteiger partial charge in [0.25, 0.3) is 6.57 Å². The number of hydrogen-bond donors (Lipinski definition) is 3. The first-order chi connectivity index (χ1) is 9.81. The molecular weight excluding hydrogens is 317 g/mol. The Morgan fingerprint density at radius 2 is 2.00 bits per heavy atom. The molecule has 0 bridgehead atoms. The number of aliphatic carboxylic acids is 1. The van der Waals surface area contributed by atoms with Crippen LogP contribution in [-0.4, -0.2) is 33.6 Å². The standard InChI is InChI=1S/C12H16NO6PS/c1-9(20(17,18)21-8-11(14)15)13-12(16)19-7-10-5-3-2-4-6-10/h2-6,9H,7-8H2,1H3,(H,13,16)(H,14,15)(H,17,18). The Morgan fingerprint density at radius 1 is 1.38 bits per heavy atom. The van der Waals surface area contributed by atoms with Crippen LogP contribution in [0.25, 0.3) is 0 Å². The number of rotatable bonds is 7. The van der Waals surface area contributed by atoms with Crippen molar-refractivity contribution in [2.75, 3.05) is 5.75 Å². The molecule has 1 amide bonds. The van der Waals surface area contributed by atoms with Crippen molar-refractivity contribution in [3.8, 4) is 0 Å². The molecule has 1 aromatic carbocycles. The highest BCUT2D eigenvalue weighted by Crippen LogP contribution is 2.57. The number of carboxylic acid groups (broad SMARTS) is 1. The number of benzene rings is 1. The van der Waals surface area contributed by atoms with Crippen molar-refractivity contribution in [1.82, 2.24) is 5.32 Å². The largest absolute Gasteiger partial charge is 0.481 e. The Balaban J connectivity index is 2.42. The lowest BCUT2D eigenvalue weighted by molar-refractivity contribution is -0.133. The van der Waals surface area contributed by atoms with Gasteiger partial charge in [-0.05, 0) is 12.5 Å². The molecule has 0 aliphatic heterocycles. The summed E-state index contributed by atoms with van der Waals surface area (Å²) in [5.41, 5.74) is 0.785. The molecule has 0 aliphatic rings. The van der Waals surface area contributed by atoms with E-state index < -0.39 is 30.2 Å². The summed E-state index contributed by atoms with van der Waals surface area (Å²) in [5, 5.41) is 10.7. The molecule has 7 nitrogen and oxygen atoms in total. The maximum Gasteiger partial charge on any atom is 0.408 e. The molecule has 0 saturated heterocycles. The number of hydrogen-bond acceptors (Lipinski definition) is 5. The van der Waals surface area contributed by atoms with E-state index in [2.05, 4.69) is 5.32 Å². The topological polar surface area (TPSA) is 113 Å². The summed E-state index contributed by atoms with van der Waals surface area (Å²) in [6.45, 7) is -2.51.